The molecule has 3 aromatic rings. The number of aromatic nitrogens is 2. The fraction of sp³-hybridized carbons (Fsp3) is 0.370. The van der Waals surface area contributed by atoms with Gasteiger partial charge in [0.15, 0.2) is 0 Å². The molecule has 8 heteroatoms. The number of nitrogens with zero attached hydrogens (tertiary/aromatic N) is 3. The van der Waals surface area contributed by atoms with Gasteiger partial charge in [-0.2, -0.15) is 0 Å². The van der Waals surface area contributed by atoms with Crippen LogP contribution >= 0.6 is 0 Å². The van der Waals surface area contributed by atoms with Gasteiger partial charge in [0.05, 0.1) is 19.1 Å². The van der Waals surface area contributed by atoms with Gasteiger partial charge in [0, 0.05) is 38.3 Å². The Kier molecular flexibility index (Phi) is 8.51. The van der Waals surface area contributed by atoms with E-state index in [1.54, 1.807) is 0 Å². The van der Waals surface area contributed by atoms with E-state index in [9.17, 15) is 9.59 Å². The molecule has 0 radical (unpaired) electrons. The molecule has 1 N–H and O–H groups in total. The number of rotatable bonds is 10. The number of benzene rings is 2. The molecular formula is C27H32N4O4. The molecule has 1 amide bonds. The van der Waals surface area contributed by atoms with Crippen LogP contribution in [0.5, 0.6) is 0 Å². The number of hydrogen-bond acceptors (Lipinski definition) is 6. The fourth-order valence-corrected chi connectivity index (χ4v) is 4.35. The van der Waals surface area contributed by atoms with Crippen LogP contribution in [0.25, 0.3) is 0 Å². The van der Waals surface area contributed by atoms with E-state index in [0.29, 0.717) is 19.5 Å². The Morgan fingerprint density at radius 3 is 2.51 bits per heavy atom. The van der Waals surface area contributed by atoms with Gasteiger partial charge >= 0.3 is 12.1 Å². The van der Waals surface area contributed by atoms with Crippen LogP contribution in [0.4, 0.5) is 4.79 Å². The summed E-state index contributed by atoms with van der Waals surface area (Å²) in [6, 6.07) is 19.3. The van der Waals surface area contributed by atoms with Crippen LogP contribution in [0.2, 0.25) is 0 Å². The molecule has 1 aliphatic rings. The number of amides is 1. The molecule has 8 nitrogen and oxygen atoms in total. The second kappa shape index (κ2) is 12.2. The summed E-state index contributed by atoms with van der Waals surface area (Å²) in [6.07, 6.45) is 5.45. The Bertz CT molecular complexity index is 1090. The van der Waals surface area contributed by atoms with Crippen LogP contribution in [0, 0.1) is 0 Å². The first kappa shape index (κ1) is 24.5. The number of carbonyl (C=O) groups excluding carboxylic acids is 2. The third-order valence-electron chi connectivity index (χ3n) is 6.26. The highest BCUT2D eigenvalue weighted by Crippen LogP contribution is 2.18. The maximum atomic E-state index is 12.6. The van der Waals surface area contributed by atoms with Crippen LogP contribution in [-0.2, 0) is 40.3 Å². The predicted molar refractivity (Wildman–Crippen MR) is 132 cm³/mol. The van der Waals surface area contributed by atoms with Crippen molar-refractivity contribution in [2.24, 2.45) is 0 Å². The molecule has 2 heterocycles. The second-order valence-corrected chi connectivity index (χ2v) is 8.77. The van der Waals surface area contributed by atoms with Crippen molar-refractivity contribution < 1.29 is 19.1 Å². The summed E-state index contributed by atoms with van der Waals surface area (Å²) in [4.78, 5) is 31.4. The summed E-state index contributed by atoms with van der Waals surface area (Å²) in [5.74, 6) is -0.295. The van der Waals surface area contributed by atoms with Crippen LogP contribution < -0.4 is 5.32 Å². The molecule has 0 bridgehead atoms. The van der Waals surface area contributed by atoms with E-state index in [2.05, 4.69) is 27.3 Å². The van der Waals surface area contributed by atoms with Crippen molar-refractivity contribution in [3.05, 3.63) is 90.0 Å². The molecule has 0 spiro atoms. The molecule has 4 rings (SSSR count). The largest absolute Gasteiger partial charge is 0.468 e. The van der Waals surface area contributed by atoms with Gasteiger partial charge in [0.1, 0.15) is 12.6 Å². The van der Waals surface area contributed by atoms with Crippen LogP contribution in [0.15, 0.2) is 73.2 Å². The summed E-state index contributed by atoms with van der Waals surface area (Å²) in [5, 5.41) is 2.92. The number of aryl methyl sites for hydroxylation is 2. The fourth-order valence-electron chi connectivity index (χ4n) is 4.35. The van der Waals surface area contributed by atoms with Crippen LogP contribution in [0.3, 0.4) is 0 Å². The number of likely N-dealkylation sites (tertiary alicyclic amines) is 1. The first-order valence-electron chi connectivity index (χ1n) is 11.9. The van der Waals surface area contributed by atoms with Gasteiger partial charge in [0.2, 0.25) is 0 Å². The van der Waals surface area contributed by atoms with E-state index in [1.165, 1.54) is 12.7 Å². The number of hydrogen-bond donors (Lipinski definition) is 1. The lowest BCUT2D eigenvalue weighted by molar-refractivity contribution is -0.146. The smallest absolute Gasteiger partial charge is 0.407 e. The summed E-state index contributed by atoms with van der Waals surface area (Å²) >= 11 is 0. The molecule has 184 valence electrons. The van der Waals surface area contributed by atoms with Crippen LogP contribution in [-0.4, -0.2) is 58.8 Å². The zero-order valence-electron chi connectivity index (χ0n) is 20.0. The molecule has 2 unspecified atom stereocenters. The average molecular weight is 477 g/mol. The molecule has 2 aromatic carbocycles. The van der Waals surface area contributed by atoms with Crippen molar-refractivity contribution in [1.82, 2.24) is 19.8 Å². The molecule has 0 saturated carbocycles. The van der Waals surface area contributed by atoms with Crippen molar-refractivity contribution in [2.75, 3.05) is 20.2 Å². The summed E-state index contributed by atoms with van der Waals surface area (Å²) < 4.78 is 12.5. The zero-order chi connectivity index (χ0) is 24.5. The van der Waals surface area contributed by atoms with E-state index in [-0.39, 0.29) is 18.6 Å². The van der Waals surface area contributed by atoms with E-state index >= 15 is 0 Å². The van der Waals surface area contributed by atoms with Crippen molar-refractivity contribution in [3.8, 4) is 0 Å². The first-order valence-corrected chi connectivity index (χ1v) is 11.9. The number of imidazole rings is 1. The molecule has 1 fully saturated rings. The third kappa shape index (κ3) is 7.16. The lowest BCUT2D eigenvalue weighted by Crippen LogP contribution is -2.44. The Morgan fingerprint density at radius 2 is 1.80 bits per heavy atom. The molecular weight excluding hydrogens is 444 g/mol. The van der Waals surface area contributed by atoms with Gasteiger partial charge in [-0.1, -0.05) is 60.7 Å². The van der Waals surface area contributed by atoms with Crippen molar-refractivity contribution >= 4 is 12.1 Å². The summed E-state index contributed by atoms with van der Waals surface area (Å²) in [7, 11) is 1.40. The Balaban J connectivity index is 1.28. The quantitative estimate of drug-likeness (QED) is 0.453. The van der Waals surface area contributed by atoms with Gasteiger partial charge in [-0.05, 0) is 24.0 Å². The highest BCUT2D eigenvalue weighted by Gasteiger charge is 2.34. The lowest BCUT2D eigenvalue weighted by atomic mass is 10.1. The molecule has 1 aromatic heterocycles. The second-order valence-electron chi connectivity index (χ2n) is 8.77. The van der Waals surface area contributed by atoms with E-state index in [4.69, 9.17) is 9.47 Å². The van der Waals surface area contributed by atoms with Crippen molar-refractivity contribution in [2.45, 2.75) is 44.5 Å². The minimum Gasteiger partial charge on any atom is -0.468 e. The standard InChI is InChI=1S/C27H32N4O4/c1-34-26(32)25(16-24-17-30(20-28-24)14-12-21-8-4-2-5-9-21)31-15-13-23(18-31)29-27(33)35-19-22-10-6-3-7-11-22/h2-11,17,20,23,25H,12-16,18-19H2,1H3,(H,29,33). The molecule has 35 heavy (non-hydrogen) atoms. The molecule has 0 aliphatic carbocycles. The summed E-state index contributed by atoms with van der Waals surface area (Å²) in [5.41, 5.74) is 3.05. The lowest BCUT2D eigenvalue weighted by Gasteiger charge is -2.25. The highest BCUT2D eigenvalue weighted by atomic mass is 16.5. The van der Waals surface area contributed by atoms with Crippen molar-refractivity contribution in [3.63, 3.8) is 0 Å². The topological polar surface area (TPSA) is 85.7 Å². The van der Waals surface area contributed by atoms with Gasteiger partial charge in [-0.25, -0.2) is 9.78 Å². The average Bonchev–Trinajstić information content (AvgIpc) is 3.55. The predicted octanol–water partition coefficient (Wildman–Crippen LogP) is 3.21. The number of methoxy groups -OCH3 is 1. The van der Waals surface area contributed by atoms with Gasteiger partial charge in [-0.3, -0.25) is 9.69 Å². The minimum absolute atomic E-state index is 0.0890. The maximum Gasteiger partial charge on any atom is 0.407 e. The summed E-state index contributed by atoms with van der Waals surface area (Å²) in [6.45, 7) is 2.27. The number of ether oxygens (including phenoxy) is 2. The normalized spacial score (nSPS) is 16.5. The van der Waals surface area contributed by atoms with E-state index in [1.807, 2.05) is 65.6 Å². The molecule has 1 aliphatic heterocycles. The van der Waals surface area contributed by atoms with Crippen molar-refractivity contribution in [1.29, 1.82) is 0 Å². The minimum atomic E-state index is -0.454. The molecule has 2 atom stereocenters. The first-order chi connectivity index (χ1) is 17.1. The molecule has 1 saturated heterocycles. The van der Waals surface area contributed by atoms with Gasteiger partial charge < -0.3 is 19.4 Å². The Hall–Kier alpha value is -3.65. The zero-order valence-corrected chi connectivity index (χ0v) is 20.0. The van der Waals surface area contributed by atoms with Gasteiger partial charge in [-0.15, -0.1) is 0 Å². The highest BCUT2D eigenvalue weighted by molar-refractivity contribution is 5.76. The number of esters is 1. The van der Waals surface area contributed by atoms with Crippen LogP contribution in [0.1, 0.15) is 23.2 Å². The SMILES string of the molecule is COC(=O)C(Cc1cn(CCc2ccccc2)cn1)N1CCC(NC(=O)OCc2ccccc2)C1. The number of carbonyl (C=O) groups is 2. The monoisotopic (exact) mass is 476 g/mol. The maximum absolute atomic E-state index is 12.6. The van der Waals surface area contributed by atoms with Gasteiger partial charge in [0.25, 0.3) is 0 Å². The van der Waals surface area contributed by atoms with E-state index in [0.717, 1.165) is 30.6 Å². The van der Waals surface area contributed by atoms with E-state index < -0.39 is 12.1 Å². The third-order valence-corrected chi connectivity index (χ3v) is 6.26. The Morgan fingerprint density at radius 1 is 1.09 bits per heavy atom. The number of alkyl carbamates (subject to hydrolysis) is 1. The number of nitrogens with one attached hydrogen (secondary N) is 1. The Labute approximate surface area is 205 Å².